The Balaban J connectivity index is 2.15. The maximum Gasteiger partial charge on any atom is 0.119 e. The van der Waals surface area contributed by atoms with Crippen LogP contribution in [-0.4, -0.2) is 36.5 Å². The van der Waals surface area contributed by atoms with Crippen LogP contribution in [0.15, 0.2) is 54.6 Å². The molecule has 2 aromatic rings. The van der Waals surface area contributed by atoms with Gasteiger partial charge in [0.25, 0.3) is 0 Å². The molecule has 0 bridgehead atoms. The van der Waals surface area contributed by atoms with Crippen molar-refractivity contribution in [1.82, 2.24) is 0 Å². The topological polar surface area (TPSA) is 52.9 Å². The molecule has 2 aromatic carbocycles. The molecule has 2 N–H and O–H groups in total. The van der Waals surface area contributed by atoms with Gasteiger partial charge in [-0.2, -0.15) is 0 Å². The highest BCUT2D eigenvalue weighted by molar-refractivity contribution is 5.46. The number of aliphatic hydroxyl groups is 2. The van der Waals surface area contributed by atoms with Gasteiger partial charge in [0.15, 0.2) is 0 Å². The second-order valence-electron chi connectivity index (χ2n) is 5.38. The van der Waals surface area contributed by atoms with Crippen LogP contribution in [0.25, 0.3) is 0 Å². The van der Waals surface area contributed by atoms with E-state index in [1.54, 1.807) is 14.0 Å². The molecule has 0 aromatic heterocycles. The first-order valence-corrected chi connectivity index (χ1v) is 7.40. The zero-order valence-electron chi connectivity index (χ0n) is 13.0. The van der Waals surface area contributed by atoms with E-state index in [4.69, 9.17) is 4.74 Å². The average molecular weight is 301 g/mol. The zero-order valence-corrected chi connectivity index (χ0v) is 13.0. The molecular weight excluding hydrogens is 278 g/mol. The third-order valence-corrected chi connectivity index (χ3v) is 3.48. The van der Waals surface area contributed by atoms with Crippen molar-refractivity contribution in [1.29, 1.82) is 0 Å². The number of hydrogen-bond donors (Lipinski definition) is 2. The number of para-hydroxylation sites is 1. The largest absolute Gasteiger partial charge is 0.497 e. The number of nitrogens with zero attached hydrogens (tertiary/aromatic N) is 1. The van der Waals surface area contributed by atoms with Crippen molar-refractivity contribution in [3.63, 3.8) is 0 Å². The monoisotopic (exact) mass is 301 g/mol. The number of aliphatic hydroxyl groups excluding tert-OH is 2. The Kier molecular flexibility index (Phi) is 5.81. The van der Waals surface area contributed by atoms with Crippen LogP contribution in [0.4, 0.5) is 5.69 Å². The van der Waals surface area contributed by atoms with Crippen molar-refractivity contribution >= 4 is 5.69 Å². The molecule has 0 aliphatic rings. The van der Waals surface area contributed by atoms with E-state index in [0.29, 0.717) is 13.1 Å². The van der Waals surface area contributed by atoms with Gasteiger partial charge in [-0.15, -0.1) is 0 Å². The Morgan fingerprint density at radius 3 is 2.36 bits per heavy atom. The van der Waals surface area contributed by atoms with E-state index in [2.05, 4.69) is 0 Å². The summed E-state index contributed by atoms with van der Waals surface area (Å²) in [5, 5.41) is 20.2. The lowest BCUT2D eigenvalue weighted by Crippen LogP contribution is -2.34. The maximum absolute atomic E-state index is 10.5. The van der Waals surface area contributed by atoms with Crippen molar-refractivity contribution in [3.05, 3.63) is 60.2 Å². The van der Waals surface area contributed by atoms with Gasteiger partial charge in [0.2, 0.25) is 0 Å². The van der Waals surface area contributed by atoms with Gasteiger partial charge in [0.05, 0.1) is 19.3 Å². The minimum Gasteiger partial charge on any atom is -0.497 e. The fraction of sp³-hybridized carbons (Fsp3) is 0.333. The van der Waals surface area contributed by atoms with Crippen LogP contribution in [0.1, 0.15) is 18.6 Å². The summed E-state index contributed by atoms with van der Waals surface area (Å²) in [6, 6.07) is 17.2. The Morgan fingerprint density at radius 1 is 1.00 bits per heavy atom. The lowest BCUT2D eigenvalue weighted by atomic mass is 10.1. The summed E-state index contributed by atoms with van der Waals surface area (Å²) in [5.74, 6) is 0.721. The SMILES string of the molecule is COc1cccc([C@H](O)CN(C[C@H](C)O)c2ccccc2)c1. The van der Waals surface area contributed by atoms with Crippen molar-refractivity contribution < 1.29 is 14.9 Å². The zero-order chi connectivity index (χ0) is 15.9. The summed E-state index contributed by atoms with van der Waals surface area (Å²) in [7, 11) is 1.61. The molecule has 4 nitrogen and oxygen atoms in total. The number of hydrogen-bond acceptors (Lipinski definition) is 4. The highest BCUT2D eigenvalue weighted by Gasteiger charge is 2.16. The summed E-state index contributed by atoms with van der Waals surface area (Å²) < 4.78 is 5.19. The maximum atomic E-state index is 10.5. The number of anilines is 1. The van der Waals surface area contributed by atoms with E-state index in [1.807, 2.05) is 59.5 Å². The van der Waals surface area contributed by atoms with Crippen molar-refractivity contribution in [2.24, 2.45) is 0 Å². The number of benzene rings is 2. The van der Waals surface area contributed by atoms with Gasteiger partial charge in [-0.05, 0) is 36.8 Å². The molecule has 0 spiro atoms. The van der Waals surface area contributed by atoms with Gasteiger partial charge in [-0.25, -0.2) is 0 Å². The molecule has 0 saturated carbocycles. The lowest BCUT2D eigenvalue weighted by molar-refractivity contribution is 0.168. The van der Waals surface area contributed by atoms with Gasteiger partial charge in [0, 0.05) is 18.8 Å². The molecule has 4 heteroatoms. The van der Waals surface area contributed by atoms with Crippen molar-refractivity contribution in [3.8, 4) is 5.75 Å². The number of ether oxygens (including phenoxy) is 1. The molecule has 0 fully saturated rings. The van der Waals surface area contributed by atoms with Gasteiger partial charge >= 0.3 is 0 Å². The number of methoxy groups -OCH3 is 1. The molecule has 0 aliphatic heterocycles. The van der Waals surface area contributed by atoms with Crippen LogP contribution in [0.3, 0.4) is 0 Å². The smallest absolute Gasteiger partial charge is 0.119 e. The highest BCUT2D eigenvalue weighted by atomic mass is 16.5. The third-order valence-electron chi connectivity index (χ3n) is 3.48. The minimum absolute atomic E-state index is 0.405. The van der Waals surface area contributed by atoms with Crippen LogP contribution in [0.5, 0.6) is 5.75 Å². The minimum atomic E-state index is -0.658. The second-order valence-corrected chi connectivity index (χ2v) is 5.38. The third kappa shape index (κ3) is 4.48. The van der Waals surface area contributed by atoms with Gasteiger partial charge in [0.1, 0.15) is 5.75 Å². The Morgan fingerprint density at radius 2 is 1.73 bits per heavy atom. The van der Waals surface area contributed by atoms with Crippen LogP contribution >= 0.6 is 0 Å². The molecule has 0 saturated heterocycles. The summed E-state index contributed by atoms with van der Waals surface area (Å²) >= 11 is 0. The molecule has 0 heterocycles. The van der Waals surface area contributed by atoms with Crippen molar-refractivity contribution in [2.75, 3.05) is 25.1 Å². The molecule has 0 aliphatic carbocycles. The molecule has 118 valence electrons. The number of rotatable bonds is 7. The predicted molar refractivity (Wildman–Crippen MR) is 88.3 cm³/mol. The molecule has 2 rings (SSSR count). The van der Waals surface area contributed by atoms with Crippen LogP contribution in [0, 0.1) is 0 Å². The molecule has 2 atom stereocenters. The van der Waals surface area contributed by atoms with Crippen LogP contribution in [0.2, 0.25) is 0 Å². The standard InChI is InChI=1S/C18H23NO3/c1-14(20)12-19(16-8-4-3-5-9-16)13-18(21)15-7-6-10-17(11-15)22-2/h3-11,14,18,20-21H,12-13H2,1-2H3/t14-,18+/m0/s1. The van der Waals surface area contributed by atoms with E-state index in [1.165, 1.54) is 0 Å². The van der Waals surface area contributed by atoms with Crippen molar-refractivity contribution in [2.45, 2.75) is 19.1 Å². The summed E-state index contributed by atoms with van der Waals surface area (Å²) in [4.78, 5) is 1.98. The normalized spacial score (nSPS) is 13.5. The Labute approximate surface area is 131 Å². The van der Waals surface area contributed by atoms with E-state index < -0.39 is 12.2 Å². The summed E-state index contributed by atoms with van der Waals surface area (Å²) in [6.45, 7) is 2.61. The first kappa shape index (κ1) is 16.3. The predicted octanol–water partition coefficient (Wildman–Crippen LogP) is 2.62. The summed E-state index contributed by atoms with van der Waals surface area (Å²) in [6.07, 6.45) is -1.13. The van der Waals surface area contributed by atoms with E-state index in [-0.39, 0.29) is 0 Å². The quantitative estimate of drug-likeness (QED) is 0.825. The molecular formula is C18H23NO3. The molecule has 0 radical (unpaired) electrons. The fourth-order valence-electron chi connectivity index (χ4n) is 2.41. The first-order valence-electron chi connectivity index (χ1n) is 7.40. The Hall–Kier alpha value is -2.04. The van der Waals surface area contributed by atoms with Gasteiger partial charge < -0.3 is 19.8 Å². The first-order chi connectivity index (χ1) is 10.6. The van der Waals surface area contributed by atoms with Crippen LogP contribution < -0.4 is 9.64 Å². The Bertz CT molecular complexity index is 572. The molecule has 22 heavy (non-hydrogen) atoms. The van der Waals surface area contributed by atoms with Gasteiger partial charge in [-0.1, -0.05) is 30.3 Å². The average Bonchev–Trinajstić information content (AvgIpc) is 2.54. The highest BCUT2D eigenvalue weighted by Crippen LogP contribution is 2.22. The van der Waals surface area contributed by atoms with E-state index in [0.717, 1.165) is 17.0 Å². The summed E-state index contributed by atoms with van der Waals surface area (Å²) in [5.41, 5.74) is 1.77. The van der Waals surface area contributed by atoms with Gasteiger partial charge in [-0.3, -0.25) is 0 Å². The fourth-order valence-corrected chi connectivity index (χ4v) is 2.41. The van der Waals surface area contributed by atoms with E-state index >= 15 is 0 Å². The van der Waals surface area contributed by atoms with Crippen LogP contribution in [-0.2, 0) is 0 Å². The molecule has 0 unspecified atom stereocenters. The second kappa shape index (κ2) is 7.82. The lowest BCUT2D eigenvalue weighted by Gasteiger charge is -2.28. The molecule has 0 amide bonds. The van der Waals surface area contributed by atoms with E-state index in [9.17, 15) is 10.2 Å².